The molecule has 0 aliphatic carbocycles. The van der Waals surface area contributed by atoms with E-state index in [1.54, 1.807) is 25.1 Å². The van der Waals surface area contributed by atoms with Crippen LogP contribution in [0.2, 0.25) is 0 Å². The van der Waals surface area contributed by atoms with E-state index in [1.165, 1.54) is 6.07 Å². The molecule has 0 spiro atoms. The van der Waals surface area contributed by atoms with Crippen LogP contribution in [0.3, 0.4) is 0 Å². The van der Waals surface area contributed by atoms with Gasteiger partial charge in [-0.25, -0.2) is 0 Å². The van der Waals surface area contributed by atoms with Crippen molar-refractivity contribution in [2.75, 3.05) is 19.7 Å². The number of carboxylic acids is 2. The third kappa shape index (κ3) is 4.27. The lowest BCUT2D eigenvalue weighted by atomic mass is 10.1. The predicted molar refractivity (Wildman–Crippen MR) is 68.8 cm³/mol. The molecule has 2 N–H and O–H groups in total. The van der Waals surface area contributed by atoms with Gasteiger partial charge in [0, 0.05) is 0 Å². The van der Waals surface area contributed by atoms with Crippen LogP contribution in [-0.2, 0) is 9.59 Å². The standard InChI is InChI=1S/C13H15NO6/c1-2-20-10-6-4-3-5-9(10)13(19)14(7-11(15)16)8-12(17)18/h3-6H,2,7-8H2,1H3,(H,15,16)(H,17,18). The van der Waals surface area contributed by atoms with Crippen LogP contribution in [0.5, 0.6) is 5.75 Å². The molecule has 0 radical (unpaired) electrons. The molecule has 1 rings (SSSR count). The minimum Gasteiger partial charge on any atom is -0.493 e. The molecular weight excluding hydrogens is 266 g/mol. The number of hydrogen-bond acceptors (Lipinski definition) is 4. The number of amides is 1. The first kappa shape index (κ1) is 15.5. The lowest BCUT2D eigenvalue weighted by Gasteiger charge is -2.20. The van der Waals surface area contributed by atoms with Crippen molar-refractivity contribution in [3.05, 3.63) is 29.8 Å². The molecule has 0 unspecified atom stereocenters. The molecule has 0 saturated heterocycles. The summed E-state index contributed by atoms with van der Waals surface area (Å²) < 4.78 is 5.28. The fourth-order valence-corrected chi connectivity index (χ4v) is 1.62. The molecule has 7 heteroatoms. The number of ether oxygens (including phenoxy) is 1. The minimum atomic E-state index is -1.28. The zero-order chi connectivity index (χ0) is 15.1. The summed E-state index contributed by atoms with van der Waals surface area (Å²) in [6, 6.07) is 6.29. The smallest absolute Gasteiger partial charge is 0.323 e. The molecule has 0 saturated carbocycles. The summed E-state index contributed by atoms with van der Waals surface area (Å²) >= 11 is 0. The summed E-state index contributed by atoms with van der Waals surface area (Å²) in [5, 5.41) is 17.5. The van der Waals surface area contributed by atoms with Crippen LogP contribution in [0.15, 0.2) is 24.3 Å². The number of para-hydroxylation sites is 1. The Bertz CT molecular complexity index is 497. The summed E-state index contributed by atoms with van der Waals surface area (Å²) in [4.78, 5) is 34.4. The van der Waals surface area contributed by atoms with E-state index in [2.05, 4.69) is 0 Å². The fraction of sp³-hybridized carbons (Fsp3) is 0.308. The monoisotopic (exact) mass is 281 g/mol. The SMILES string of the molecule is CCOc1ccccc1C(=O)N(CC(=O)O)CC(=O)O. The molecule has 0 aliphatic heterocycles. The van der Waals surface area contributed by atoms with Crippen molar-refractivity contribution in [2.24, 2.45) is 0 Å². The van der Waals surface area contributed by atoms with Gasteiger partial charge in [-0.05, 0) is 19.1 Å². The Balaban J connectivity index is 3.04. The first-order valence-corrected chi connectivity index (χ1v) is 5.90. The van der Waals surface area contributed by atoms with Crippen molar-refractivity contribution in [1.82, 2.24) is 4.90 Å². The van der Waals surface area contributed by atoms with Crippen molar-refractivity contribution in [3.8, 4) is 5.75 Å². The van der Waals surface area contributed by atoms with E-state index in [0.29, 0.717) is 12.4 Å². The van der Waals surface area contributed by atoms with Gasteiger partial charge < -0.3 is 19.8 Å². The van der Waals surface area contributed by atoms with Crippen LogP contribution in [-0.4, -0.2) is 52.7 Å². The molecule has 7 nitrogen and oxygen atoms in total. The minimum absolute atomic E-state index is 0.136. The zero-order valence-electron chi connectivity index (χ0n) is 10.9. The van der Waals surface area contributed by atoms with Gasteiger partial charge in [-0.3, -0.25) is 14.4 Å². The number of benzene rings is 1. The molecule has 0 aliphatic rings. The maximum atomic E-state index is 12.2. The zero-order valence-corrected chi connectivity index (χ0v) is 10.9. The van der Waals surface area contributed by atoms with Gasteiger partial charge in [0.05, 0.1) is 12.2 Å². The number of hydrogen-bond donors (Lipinski definition) is 2. The first-order chi connectivity index (χ1) is 9.45. The van der Waals surface area contributed by atoms with Crippen LogP contribution < -0.4 is 4.74 Å². The van der Waals surface area contributed by atoms with Crippen LogP contribution >= 0.6 is 0 Å². The maximum Gasteiger partial charge on any atom is 0.323 e. The van der Waals surface area contributed by atoms with Gasteiger partial charge in [0.15, 0.2) is 0 Å². The number of carboxylic acid groups (broad SMARTS) is 2. The Labute approximate surface area is 115 Å². The summed E-state index contributed by atoms with van der Waals surface area (Å²) in [6.45, 7) is 0.701. The molecule has 1 aromatic rings. The van der Waals surface area contributed by atoms with E-state index in [0.717, 1.165) is 4.90 Å². The summed E-state index contributed by atoms with van der Waals surface area (Å²) in [6.07, 6.45) is 0. The average Bonchev–Trinajstić information content (AvgIpc) is 2.37. The quantitative estimate of drug-likeness (QED) is 0.762. The van der Waals surface area contributed by atoms with E-state index in [4.69, 9.17) is 14.9 Å². The van der Waals surface area contributed by atoms with E-state index < -0.39 is 30.9 Å². The van der Waals surface area contributed by atoms with Gasteiger partial charge in [0.1, 0.15) is 18.8 Å². The molecule has 108 valence electrons. The van der Waals surface area contributed by atoms with Crippen LogP contribution in [0.25, 0.3) is 0 Å². The highest BCUT2D eigenvalue weighted by molar-refractivity contribution is 5.99. The summed E-state index contributed by atoms with van der Waals surface area (Å²) in [5.41, 5.74) is 0.136. The lowest BCUT2D eigenvalue weighted by Crippen LogP contribution is -2.39. The van der Waals surface area contributed by atoms with Gasteiger partial charge in [-0.15, -0.1) is 0 Å². The molecule has 20 heavy (non-hydrogen) atoms. The maximum absolute atomic E-state index is 12.2. The summed E-state index contributed by atoms with van der Waals surface area (Å²) in [7, 11) is 0. The van der Waals surface area contributed by atoms with Gasteiger partial charge in [-0.2, -0.15) is 0 Å². The van der Waals surface area contributed by atoms with E-state index in [1.807, 2.05) is 0 Å². The normalized spacial score (nSPS) is 9.85. The molecule has 0 aromatic heterocycles. The Morgan fingerprint density at radius 3 is 2.15 bits per heavy atom. The van der Waals surface area contributed by atoms with Gasteiger partial charge in [-0.1, -0.05) is 12.1 Å². The Hall–Kier alpha value is -2.57. The third-order valence-electron chi connectivity index (χ3n) is 2.36. The molecule has 0 fully saturated rings. The Kier molecular flexibility index (Phi) is 5.52. The van der Waals surface area contributed by atoms with E-state index in [9.17, 15) is 14.4 Å². The van der Waals surface area contributed by atoms with Crippen LogP contribution in [0, 0.1) is 0 Å². The second kappa shape index (κ2) is 7.13. The van der Waals surface area contributed by atoms with Crippen LogP contribution in [0.1, 0.15) is 17.3 Å². The molecular formula is C13H15NO6. The van der Waals surface area contributed by atoms with Crippen molar-refractivity contribution < 1.29 is 29.3 Å². The topological polar surface area (TPSA) is 104 Å². The second-order valence-corrected chi connectivity index (χ2v) is 3.88. The van der Waals surface area contributed by atoms with E-state index >= 15 is 0 Å². The fourth-order valence-electron chi connectivity index (χ4n) is 1.62. The van der Waals surface area contributed by atoms with Crippen LogP contribution in [0.4, 0.5) is 0 Å². The number of nitrogens with zero attached hydrogens (tertiary/aromatic N) is 1. The van der Waals surface area contributed by atoms with Crippen molar-refractivity contribution >= 4 is 17.8 Å². The molecule has 1 amide bonds. The molecule has 1 aromatic carbocycles. The van der Waals surface area contributed by atoms with Gasteiger partial charge >= 0.3 is 11.9 Å². The highest BCUT2D eigenvalue weighted by Crippen LogP contribution is 2.19. The number of rotatable bonds is 7. The first-order valence-electron chi connectivity index (χ1n) is 5.90. The Morgan fingerprint density at radius 2 is 1.65 bits per heavy atom. The number of aliphatic carboxylic acids is 2. The predicted octanol–water partition coefficient (Wildman–Crippen LogP) is 0.697. The highest BCUT2D eigenvalue weighted by atomic mass is 16.5. The molecule has 0 bridgehead atoms. The number of carbonyl (C=O) groups excluding carboxylic acids is 1. The lowest BCUT2D eigenvalue weighted by molar-refractivity contribution is -0.140. The summed E-state index contributed by atoms with van der Waals surface area (Å²) in [5.74, 6) is -2.97. The van der Waals surface area contributed by atoms with Crippen molar-refractivity contribution in [3.63, 3.8) is 0 Å². The average molecular weight is 281 g/mol. The van der Waals surface area contributed by atoms with Gasteiger partial charge in [0.25, 0.3) is 5.91 Å². The second-order valence-electron chi connectivity index (χ2n) is 3.88. The third-order valence-corrected chi connectivity index (χ3v) is 2.36. The Morgan fingerprint density at radius 1 is 1.10 bits per heavy atom. The molecule has 0 atom stereocenters. The highest BCUT2D eigenvalue weighted by Gasteiger charge is 2.23. The molecule has 0 heterocycles. The van der Waals surface area contributed by atoms with E-state index in [-0.39, 0.29) is 5.56 Å². The van der Waals surface area contributed by atoms with Gasteiger partial charge in [0.2, 0.25) is 0 Å². The number of carbonyl (C=O) groups is 3. The van der Waals surface area contributed by atoms with Crippen molar-refractivity contribution in [1.29, 1.82) is 0 Å². The van der Waals surface area contributed by atoms with Crippen molar-refractivity contribution in [2.45, 2.75) is 6.92 Å². The largest absolute Gasteiger partial charge is 0.493 e.